The molecule has 14 heteroatoms. The van der Waals surface area contributed by atoms with Crippen molar-refractivity contribution in [3.63, 3.8) is 0 Å². The molecule has 6 rings (SSSR count). The van der Waals surface area contributed by atoms with Crippen molar-refractivity contribution >= 4 is 29.8 Å². The average molecular weight is 721 g/mol. The molecule has 284 valence electrons. The molecular formula is C37H52O14. The van der Waals surface area contributed by atoms with Crippen molar-refractivity contribution in [1.82, 2.24) is 0 Å². The van der Waals surface area contributed by atoms with Gasteiger partial charge in [0.2, 0.25) is 0 Å². The van der Waals surface area contributed by atoms with E-state index < -0.39 is 88.8 Å². The summed E-state index contributed by atoms with van der Waals surface area (Å²) in [7, 11) is 0. The van der Waals surface area contributed by atoms with Gasteiger partial charge < -0.3 is 43.4 Å². The lowest BCUT2D eigenvalue weighted by Crippen LogP contribution is -2.71. The third kappa shape index (κ3) is 6.37. The second-order valence-electron chi connectivity index (χ2n) is 16.2. The van der Waals surface area contributed by atoms with E-state index in [0.29, 0.717) is 44.9 Å². The summed E-state index contributed by atoms with van der Waals surface area (Å²) in [6, 6.07) is 0. The van der Waals surface area contributed by atoms with Crippen molar-refractivity contribution < 1.29 is 67.3 Å². The van der Waals surface area contributed by atoms with Gasteiger partial charge in [-0.25, -0.2) is 4.79 Å². The predicted molar refractivity (Wildman–Crippen MR) is 174 cm³/mol. The average Bonchev–Trinajstić information content (AvgIpc) is 3.55. The summed E-state index contributed by atoms with van der Waals surface area (Å²) in [6.07, 6.45) is -1.75. The normalized spacial score (nSPS) is 46.0. The monoisotopic (exact) mass is 720 g/mol. The van der Waals surface area contributed by atoms with Crippen molar-refractivity contribution in [1.29, 1.82) is 0 Å². The zero-order valence-electron chi connectivity index (χ0n) is 30.5. The smallest absolute Gasteiger partial charge is 0.331 e. The highest BCUT2D eigenvalue weighted by atomic mass is 16.7. The third-order valence-corrected chi connectivity index (χ3v) is 13.3. The van der Waals surface area contributed by atoms with Gasteiger partial charge in [0.25, 0.3) is 0 Å². The van der Waals surface area contributed by atoms with Gasteiger partial charge in [-0.2, -0.15) is 0 Å². The Morgan fingerprint density at radius 2 is 1.41 bits per heavy atom. The molecule has 2 aliphatic heterocycles. The molecule has 0 bridgehead atoms. The number of hydrogen-bond acceptors (Lipinski definition) is 14. The summed E-state index contributed by atoms with van der Waals surface area (Å²) >= 11 is 0. The minimum atomic E-state index is -1.29. The van der Waals surface area contributed by atoms with Crippen LogP contribution in [0.2, 0.25) is 0 Å². The Bertz CT molecular complexity index is 1480. The lowest BCUT2D eigenvalue weighted by atomic mass is 9.41. The standard InChI is InChI=1S/C37H52O14/c1-18-30(48-20(3)39)31(49-21(4)40)32(50-22(5)41)33(46-18)51-24-8-11-34(6)29-26(9-12-36(34,43)15-24)37(44)13-10-25(23-14-28(42)45-17-23)35(37,7)16-27(29)47-19(2)38/h14,18,24-27,29-33,43-44H,8-13,15-17H2,1-7H3/t18-,24-,25+,26+,27+,29+,30-,31+,32+,33+,34+,35+,36-,37-/m0/s1. The number of hydrogen-bond donors (Lipinski definition) is 2. The van der Waals surface area contributed by atoms with Crippen LogP contribution in [0.25, 0.3) is 0 Å². The van der Waals surface area contributed by atoms with Gasteiger partial charge in [0.05, 0.1) is 23.4 Å². The van der Waals surface area contributed by atoms with E-state index in [0.717, 1.165) is 5.57 Å². The number of ether oxygens (including phenoxy) is 7. The molecule has 4 saturated carbocycles. The Morgan fingerprint density at radius 3 is 2.02 bits per heavy atom. The van der Waals surface area contributed by atoms with E-state index in [-0.39, 0.29) is 36.8 Å². The molecule has 14 nitrogen and oxygen atoms in total. The van der Waals surface area contributed by atoms with Crippen LogP contribution in [0.5, 0.6) is 0 Å². The second-order valence-corrected chi connectivity index (χ2v) is 16.2. The van der Waals surface area contributed by atoms with Crippen molar-refractivity contribution in [3.05, 3.63) is 11.6 Å². The van der Waals surface area contributed by atoms with Gasteiger partial charge in [-0.1, -0.05) is 13.8 Å². The van der Waals surface area contributed by atoms with E-state index in [1.807, 2.05) is 13.8 Å². The molecule has 0 unspecified atom stereocenters. The van der Waals surface area contributed by atoms with Crippen LogP contribution in [-0.4, -0.2) is 101 Å². The molecule has 2 N–H and O–H groups in total. The molecule has 0 aromatic carbocycles. The zero-order chi connectivity index (χ0) is 37.3. The summed E-state index contributed by atoms with van der Waals surface area (Å²) in [5, 5.41) is 25.4. The first-order chi connectivity index (χ1) is 23.8. The summed E-state index contributed by atoms with van der Waals surface area (Å²) in [6.45, 7) is 10.8. The topological polar surface area (TPSA) is 190 Å². The summed E-state index contributed by atoms with van der Waals surface area (Å²) in [5.74, 6) is -3.60. The van der Waals surface area contributed by atoms with Gasteiger partial charge in [0.1, 0.15) is 12.7 Å². The molecule has 0 radical (unpaired) electrons. The largest absolute Gasteiger partial charge is 0.462 e. The van der Waals surface area contributed by atoms with E-state index in [1.165, 1.54) is 33.8 Å². The molecule has 0 aromatic rings. The highest BCUT2D eigenvalue weighted by Crippen LogP contribution is 2.71. The van der Waals surface area contributed by atoms with Crippen LogP contribution < -0.4 is 0 Å². The van der Waals surface area contributed by atoms with Gasteiger partial charge >= 0.3 is 29.8 Å². The van der Waals surface area contributed by atoms with Crippen LogP contribution >= 0.6 is 0 Å². The van der Waals surface area contributed by atoms with E-state index in [1.54, 1.807) is 6.92 Å². The van der Waals surface area contributed by atoms with E-state index >= 15 is 0 Å². The number of rotatable bonds is 7. The number of aliphatic hydroxyl groups is 2. The minimum Gasteiger partial charge on any atom is -0.462 e. The molecule has 14 atom stereocenters. The molecule has 6 aliphatic rings. The highest BCUT2D eigenvalue weighted by Gasteiger charge is 2.73. The number of esters is 5. The quantitative estimate of drug-likeness (QED) is 0.222. The summed E-state index contributed by atoms with van der Waals surface area (Å²) in [4.78, 5) is 61.0. The Labute approximate surface area is 297 Å². The maximum absolute atomic E-state index is 12.7. The second kappa shape index (κ2) is 13.4. The third-order valence-electron chi connectivity index (χ3n) is 13.3. The summed E-state index contributed by atoms with van der Waals surface area (Å²) < 4.78 is 40.5. The van der Waals surface area contributed by atoms with Crippen molar-refractivity contribution in [3.8, 4) is 0 Å². The van der Waals surface area contributed by atoms with E-state index in [9.17, 15) is 34.2 Å². The first-order valence-electron chi connectivity index (χ1n) is 18.1. The Morgan fingerprint density at radius 1 is 0.784 bits per heavy atom. The van der Waals surface area contributed by atoms with Crippen LogP contribution in [0.1, 0.15) is 99.8 Å². The van der Waals surface area contributed by atoms with Crippen molar-refractivity contribution in [2.45, 2.75) is 154 Å². The lowest BCUT2D eigenvalue weighted by molar-refractivity contribution is -0.326. The minimum absolute atomic E-state index is 0.120. The predicted octanol–water partition coefficient (Wildman–Crippen LogP) is 2.83. The van der Waals surface area contributed by atoms with Gasteiger partial charge in [-0.3, -0.25) is 19.2 Å². The number of fused-ring (bicyclic) bond motifs is 5. The van der Waals surface area contributed by atoms with Gasteiger partial charge in [-0.15, -0.1) is 0 Å². The maximum atomic E-state index is 12.7. The fourth-order valence-corrected chi connectivity index (χ4v) is 11.1. The Kier molecular flexibility index (Phi) is 9.91. The zero-order valence-corrected chi connectivity index (χ0v) is 30.5. The molecule has 1 saturated heterocycles. The number of carbonyl (C=O) groups excluding carboxylic acids is 5. The SMILES string of the molecule is CC(=O)O[C@@H]1[C@@H](OC(C)=O)[C@H](C)O[C@H](O[C@H]2CC[C@]3(C)[C@@H]4[C@@H](CC[C@]3(O)C2)[C@@]2(O)CC[C@H](C3=CC(=O)OC3)[C@@]2(C)C[C@H]4OC(C)=O)[C@@H]1OC(C)=O. The fraction of sp³-hybridized carbons (Fsp3) is 0.811. The Balaban J connectivity index is 1.27. The van der Waals surface area contributed by atoms with Gasteiger partial charge in [0.15, 0.2) is 24.6 Å². The molecule has 0 spiro atoms. The van der Waals surface area contributed by atoms with E-state index in [4.69, 9.17) is 33.2 Å². The molecule has 51 heavy (non-hydrogen) atoms. The molecule has 4 aliphatic carbocycles. The van der Waals surface area contributed by atoms with Gasteiger partial charge in [-0.05, 0) is 69.3 Å². The molecule has 0 amide bonds. The molecule has 5 fully saturated rings. The summed E-state index contributed by atoms with van der Waals surface area (Å²) in [5.41, 5.74) is -3.04. The van der Waals surface area contributed by atoms with Crippen LogP contribution in [0, 0.1) is 28.6 Å². The lowest BCUT2D eigenvalue weighted by Gasteiger charge is -2.67. The number of cyclic esters (lactones) is 1. The van der Waals surface area contributed by atoms with Crippen molar-refractivity contribution in [2.75, 3.05) is 6.61 Å². The van der Waals surface area contributed by atoms with Crippen LogP contribution in [0.3, 0.4) is 0 Å². The van der Waals surface area contributed by atoms with Crippen LogP contribution in [0.4, 0.5) is 0 Å². The van der Waals surface area contributed by atoms with Crippen LogP contribution in [0.15, 0.2) is 11.6 Å². The van der Waals surface area contributed by atoms with E-state index in [2.05, 4.69) is 0 Å². The van der Waals surface area contributed by atoms with Gasteiger partial charge in [0, 0.05) is 56.9 Å². The van der Waals surface area contributed by atoms with Crippen LogP contribution in [-0.2, 0) is 57.1 Å². The highest BCUT2D eigenvalue weighted by molar-refractivity contribution is 5.85. The first-order valence-corrected chi connectivity index (χ1v) is 18.1. The molecule has 0 aromatic heterocycles. The molecule has 2 heterocycles. The fourth-order valence-electron chi connectivity index (χ4n) is 11.1. The Hall–Kier alpha value is -3.07. The maximum Gasteiger partial charge on any atom is 0.331 e. The number of carbonyl (C=O) groups is 5. The molecular weight excluding hydrogens is 668 g/mol. The van der Waals surface area contributed by atoms with Crippen molar-refractivity contribution in [2.24, 2.45) is 28.6 Å². The first kappa shape index (κ1) is 37.7.